The highest BCUT2D eigenvalue weighted by Gasteiger charge is 2.10. The van der Waals surface area contributed by atoms with Crippen molar-refractivity contribution in [2.45, 2.75) is 46.4 Å². The van der Waals surface area contributed by atoms with Crippen LogP contribution < -0.4 is 5.32 Å². The predicted molar refractivity (Wildman–Crippen MR) is 79.2 cm³/mol. The normalized spacial score (nSPS) is 11.7. The Bertz CT molecular complexity index is 488. The van der Waals surface area contributed by atoms with Crippen LogP contribution in [0.5, 0.6) is 0 Å². The van der Waals surface area contributed by atoms with Crippen LogP contribution in [0.25, 0.3) is 0 Å². The number of nitrogens with zero attached hydrogens (tertiary/aromatic N) is 1. The van der Waals surface area contributed by atoms with Crippen LogP contribution in [0.3, 0.4) is 0 Å². The van der Waals surface area contributed by atoms with E-state index in [2.05, 4.69) is 37.1 Å². The lowest BCUT2D eigenvalue weighted by Crippen LogP contribution is -2.22. The smallest absolute Gasteiger partial charge is 0.118 e. The third-order valence-electron chi connectivity index (χ3n) is 3.21. The maximum Gasteiger partial charge on any atom is 0.118 e. The van der Waals surface area contributed by atoms with Gasteiger partial charge in [0.1, 0.15) is 11.5 Å². The molecule has 20 heavy (non-hydrogen) atoms. The molecule has 110 valence electrons. The van der Waals surface area contributed by atoms with Gasteiger partial charge in [0, 0.05) is 18.2 Å². The van der Waals surface area contributed by atoms with E-state index in [1.54, 1.807) is 6.26 Å². The minimum absolute atomic E-state index is 0.486. The molecule has 2 heterocycles. The van der Waals surface area contributed by atoms with Gasteiger partial charge in [0.2, 0.25) is 0 Å². The van der Waals surface area contributed by atoms with Gasteiger partial charge in [-0.15, -0.1) is 0 Å². The highest BCUT2D eigenvalue weighted by Crippen LogP contribution is 2.13. The molecule has 4 heteroatoms. The molecular formula is C16H24N2O2. The van der Waals surface area contributed by atoms with Gasteiger partial charge in [-0.1, -0.05) is 20.8 Å². The number of nitrogens with one attached hydrogen (secondary N) is 1. The Morgan fingerprint density at radius 3 is 2.65 bits per heavy atom. The molecule has 0 atom stereocenters. The van der Waals surface area contributed by atoms with Gasteiger partial charge in [-0.2, -0.15) is 0 Å². The quantitative estimate of drug-likeness (QED) is 0.802. The highest BCUT2D eigenvalue weighted by atomic mass is 16.3. The zero-order chi connectivity index (χ0) is 14.4. The number of hydrogen-bond donors (Lipinski definition) is 1. The van der Waals surface area contributed by atoms with Crippen molar-refractivity contribution in [2.24, 2.45) is 0 Å². The van der Waals surface area contributed by atoms with Crippen LogP contribution in [0.2, 0.25) is 0 Å². The average Bonchev–Trinajstić information content (AvgIpc) is 3.07. The van der Waals surface area contributed by atoms with E-state index in [4.69, 9.17) is 8.83 Å². The molecule has 0 saturated heterocycles. The van der Waals surface area contributed by atoms with Gasteiger partial charge in [-0.25, -0.2) is 0 Å². The van der Waals surface area contributed by atoms with Gasteiger partial charge in [-0.3, -0.25) is 4.90 Å². The fraction of sp³-hybridized carbons (Fsp3) is 0.500. The van der Waals surface area contributed by atoms with Crippen LogP contribution in [-0.4, -0.2) is 17.5 Å². The van der Waals surface area contributed by atoms with Gasteiger partial charge in [0.15, 0.2) is 0 Å². The molecule has 2 aromatic rings. The first-order valence-electron chi connectivity index (χ1n) is 7.21. The molecule has 0 amide bonds. The SMILES string of the molecule is CCN(Cc1ccco1)Cc1cc(CNC(C)C)co1. The molecular weight excluding hydrogens is 252 g/mol. The lowest BCUT2D eigenvalue weighted by atomic mass is 10.2. The second-order valence-electron chi connectivity index (χ2n) is 5.34. The van der Waals surface area contributed by atoms with E-state index in [1.165, 1.54) is 5.56 Å². The van der Waals surface area contributed by atoms with Crippen LogP contribution in [0.1, 0.15) is 37.9 Å². The molecule has 0 saturated carbocycles. The summed E-state index contributed by atoms with van der Waals surface area (Å²) < 4.78 is 11.0. The summed E-state index contributed by atoms with van der Waals surface area (Å²) in [5.74, 6) is 1.99. The molecule has 0 radical (unpaired) electrons. The Hall–Kier alpha value is -1.52. The van der Waals surface area contributed by atoms with Crippen molar-refractivity contribution in [2.75, 3.05) is 6.54 Å². The molecule has 0 aliphatic rings. The maximum absolute atomic E-state index is 5.64. The van der Waals surface area contributed by atoms with Gasteiger partial charge in [0.05, 0.1) is 25.6 Å². The lowest BCUT2D eigenvalue weighted by molar-refractivity contribution is 0.229. The summed E-state index contributed by atoms with van der Waals surface area (Å²) in [5.41, 5.74) is 1.20. The predicted octanol–water partition coefficient (Wildman–Crippen LogP) is 3.39. The zero-order valence-corrected chi connectivity index (χ0v) is 12.6. The van der Waals surface area contributed by atoms with Crippen LogP contribution in [0.4, 0.5) is 0 Å². The molecule has 1 N–H and O–H groups in total. The van der Waals surface area contributed by atoms with E-state index in [0.29, 0.717) is 6.04 Å². The van der Waals surface area contributed by atoms with Gasteiger partial charge >= 0.3 is 0 Å². The second-order valence-corrected chi connectivity index (χ2v) is 5.34. The largest absolute Gasteiger partial charge is 0.468 e. The molecule has 2 aromatic heterocycles. The number of furan rings is 2. The summed E-state index contributed by atoms with van der Waals surface area (Å²) in [4.78, 5) is 2.29. The standard InChI is InChI=1S/C16H24N2O2/c1-4-18(10-15-6-5-7-19-15)11-16-8-14(12-20-16)9-17-13(2)3/h5-8,12-13,17H,4,9-11H2,1-3H3. The zero-order valence-electron chi connectivity index (χ0n) is 12.6. The number of hydrogen-bond acceptors (Lipinski definition) is 4. The van der Waals surface area contributed by atoms with Crippen LogP contribution >= 0.6 is 0 Å². The van der Waals surface area contributed by atoms with Crippen molar-refractivity contribution in [3.8, 4) is 0 Å². The van der Waals surface area contributed by atoms with E-state index >= 15 is 0 Å². The monoisotopic (exact) mass is 276 g/mol. The molecule has 0 aromatic carbocycles. The highest BCUT2D eigenvalue weighted by molar-refractivity contribution is 5.13. The molecule has 0 spiro atoms. The second kappa shape index (κ2) is 7.31. The fourth-order valence-electron chi connectivity index (χ4n) is 2.05. The van der Waals surface area contributed by atoms with Crippen molar-refractivity contribution in [3.05, 3.63) is 47.8 Å². The van der Waals surface area contributed by atoms with Gasteiger partial charge < -0.3 is 14.2 Å². The first kappa shape index (κ1) is 14.9. The molecule has 4 nitrogen and oxygen atoms in total. The van der Waals surface area contributed by atoms with Crippen LogP contribution in [0, 0.1) is 0 Å². The summed E-state index contributed by atoms with van der Waals surface area (Å²) in [6, 6.07) is 6.54. The fourth-order valence-corrected chi connectivity index (χ4v) is 2.05. The molecule has 0 aliphatic heterocycles. The lowest BCUT2D eigenvalue weighted by Gasteiger charge is -2.17. The minimum Gasteiger partial charge on any atom is -0.468 e. The van der Waals surface area contributed by atoms with Crippen molar-refractivity contribution in [3.63, 3.8) is 0 Å². The summed E-state index contributed by atoms with van der Waals surface area (Å²) >= 11 is 0. The summed E-state index contributed by atoms with van der Waals surface area (Å²) in [6.45, 7) is 9.86. The third kappa shape index (κ3) is 4.54. The van der Waals surface area contributed by atoms with Crippen molar-refractivity contribution >= 4 is 0 Å². The third-order valence-corrected chi connectivity index (χ3v) is 3.21. The first-order chi connectivity index (χ1) is 9.67. The summed E-state index contributed by atoms with van der Waals surface area (Å²) in [6.07, 6.45) is 3.55. The first-order valence-corrected chi connectivity index (χ1v) is 7.21. The Labute approximate surface area is 120 Å². The van der Waals surface area contributed by atoms with E-state index < -0.39 is 0 Å². The van der Waals surface area contributed by atoms with Crippen molar-refractivity contribution in [1.82, 2.24) is 10.2 Å². The van der Waals surface area contributed by atoms with Crippen LogP contribution in [-0.2, 0) is 19.6 Å². The Balaban J connectivity index is 1.87. The number of rotatable bonds is 8. The molecule has 0 bridgehead atoms. The molecule has 0 unspecified atom stereocenters. The van der Waals surface area contributed by atoms with E-state index in [1.807, 2.05) is 18.4 Å². The van der Waals surface area contributed by atoms with Crippen LogP contribution in [0.15, 0.2) is 39.6 Å². The molecule has 0 aliphatic carbocycles. The van der Waals surface area contributed by atoms with E-state index in [-0.39, 0.29) is 0 Å². The minimum atomic E-state index is 0.486. The maximum atomic E-state index is 5.64. The van der Waals surface area contributed by atoms with Gasteiger partial charge in [-0.05, 0) is 24.7 Å². The van der Waals surface area contributed by atoms with E-state index in [0.717, 1.165) is 37.7 Å². The van der Waals surface area contributed by atoms with E-state index in [9.17, 15) is 0 Å². The topological polar surface area (TPSA) is 41.6 Å². The van der Waals surface area contributed by atoms with Crippen molar-refractivity contribution < 1.29 is 8.83 Å². The van der Waals surface area contributed by atoms with Gasteiger partial charge in [0.25, 0.3) is 0 Å². The summed E-state index contributed by atoms with van der Waals surface area (Å²) in [5, 5.41) is 3.39. The average molecular weight is 276 g/mol. The Kier molecular flexibility index (Phi) is 5.44. The summed E-state index contributed by atoms with van der Waals surface area (Å²) in [7, 11) is 0. The Morgan fingerprint density at radius 1 is 1.20 bits per heavy atom. The molecule has 0 fully saturated rings. The molecule has 2 rings (SSSR count). The van der Waals surface area contributed by atoms with Crippen molar-refractivity contribution in [1.29, 1.82) is 0 Å². The Morgan fingerprint density at radius 2 is 2.00 bits per heavy atom.